The van der Waals surface area contributed by atoms with Gasteiger partial charge in [0.1, 0.15) is 0 Å². The molecule has 1 aliphatic carbocycles. The minimum absolute atomic E-state index is 0.0648. The van der Waals surface area contributed by atoms with Crippen molar-refractivity contribution >= 4 is 18.1 Å². The van der Waals surface area contributed by atoms with E-state index in [4.69, 9.17) is 12.2 Å². The molecule has 1 atom stereocenters. The van der Waals surface area contributed by atoms with Gasteiger partial charge in [0, 0.05) is 48.4 Å². The minimum Gasteiger partial charge on any atom is -0.356 e. The molecule has 1 aromatic carbocycles. The number of carbonyl (C=O) groups excluding carboxylic acids is 1. The standard InChI is InChI=1S/C19H19F4N3OS/c20-11-6-12(21)18(23)16(17(11)22)10-5-14-13(25-19(28)26(14)8-10)3-4-15(27)24-7-9-1-2-9/h6,9-10H,1-5,7-8H2,(H,24,27)(H,25,28)/t10-/m0/s1. The SMILES string of the molecule is O=C(CCc1[nH]c(=S)n2c1C[C@H](c1c(F)c(F)cc(F)c1F)C2)NCC1CC1. The fourth-order valence-corrected chi connectivity index (χ4v) is 4.06. The zero-order valence-electron chi connectivity index (χ0n) is 15.0. The molecule has 0 bridgehead atoms. The zero-order chi connectivity index (χ0) is 20.0. The van der Waals surface area contributed by atoms with Gasteiger partial charge >= 0.3 is 0 Å². The number of benzene rings is 1. The van der Waals surface area contributed by atoms with Crippen LogP contribution < -0.4 is 5.32 Å². The van der Waals surface area contributed by atoms with E-state index in [9.17, 15) is 22.4 Å². The number of imidazole rings is 1. The largest absolute Gasteiger partial charge is 0.356 e. The second-order valence-electron chi connectivity index (χ2n) is 7.50. The molecule has 1 saturated carbocycles. The maximum Gasteiger partial charge on any atom is 0.220 e. The smallest absolute Gasteiger partial charge is 0.220 e. The number of hydrogen-bond donors (Lipinski definition) is 2. The molecule has 0 unspecified atom stereocenters. The molecule has 9 heteroatoms. The summed E-state index contributed by atoms with van der Waals surface area (Å²) >= 11 is 5.26. The Morgan fingerprint density at radius 2 is 1.89 bits per heavy atom. The van der Waals surface area contributed by atoms with Gasteiger partial charge in [-0.15, -0.1) is 0 Å². The maximum absolute atomic E-state index is 14.2. The predicted octanol–water partition coefficient (Wildman–Crippen LogP) is 3.90. The molecule has 4 rings (SSSR count). The van der Waals surface area contributed by atoms with Gasteiger partial charge in [-0.25, -0.2) is 17.6 Å². The minimum atomic E-state index is -1.41. The van der Waals surface area contributed by atoms with Crippen molar-refractivity contribution in [2.24, 2.45) is 5.92 Å². The van der Waals surface area contributed by atoms with E-state index in [1.807, 2.05) is 0 Å². The highest BCUT2D eigenvalue weighted by Gasteiger charge is 2.33. The van der Waals surface area contributed by atoms with E-state index in [-0.39, 0.29) is 31.4 Å². The molecular formula is C19H19F4N3OS. The summed E-state index contributed by atoms with van der Waals surface area (Å²) in [6, 6.07) is 0.210. The maximum atomic E-state index is 14.2. The lowest BCUT2D eigenvalue weighted by atomic mass is 9.94. The van der Waals surface area contributed by atoms with Crippen molar-refractivity contribution in [1.29, 1.82) is 0 Å². The van der Waals surface area contributed by atoms with Crippen LogP contribution in [0.3, 0.4) is 0 Å². The van der Waals surface area contributed by atoms with Crippen LogP contribution in [0.15, 0.2) is 6.07 Å². The van der Waals surface area contributed by atoms with Crippen molar-refractivity contribution in [3.8, 4) is 0 Å². The number of H-pyrrole nitrogens is 1. The summed E-state index contributed by atoms with van der Waals surface area (Å²) in [5.41, 5.74) is 0.837. The van der Waals surface area contributed by atoms with Crippen LogP contribution in [0.4, 0.5) is 17.6 Å². The van der Waals surface area contributed by atoms with Crippen LogP contribution >= 0.6 is 12.2 Å². The molecule has 2 heterocycles. The fraction of sp³-hybridized carbons (Fsp3) is 0.474. The van der Waals surface area contributed by atoms with Crippen molar-refractivity contribution in [3.05, 3.63) is 51.1 Å². The number of aromatic amines is 1. The van der Waals surface area contributed by atoms with Crippen LogP contribution in [0.2, 0.25) is 0 Å². The van der Waals surface area contributed by atoms with Crippen molar-refractivity contribution in [1.82, 2.24) is 14.9 Å². The Morgan fingerprint density at radius 3 is 2.54 bits per heavy atom. The molecule has 2 N–H and O–H groups in total. The predicted molar refractivity (Wildman–Crippen MR) is 96.4 cm³/mol. The molecule has 0 radical (unpaired) electrons. The summed E-state index contributed by atoms with van der Waals surface area (Å²) in [6.45, 7) is 0.809. The lowest BCUT2D eigenvalue weighted by molar-refractivity contribution is -0.121. The second kappa shape index (κ2) is 7.35. The van der Waals surface area contributed by atoms with Crippen LogP contribution in [0.1, 0.15) is 42.1 Å². The van der Waals surface area contributed by atoms with Crippen LogP contribution in [0.25, 0.3) is 0 Å². The van der Waals surface area contributed by atoms with Crippen molar-refractivity contribution in [3.63, 3.8) is 0 Å². The number of aryl methyl sites for hydroxylation is 1. The average Bonchev–Trinajstić information content (AvgIpc) is 3.31. The van der Waals surface area contributed by atoms with Gasteiger partial charge in [0.05, 0.1) is 0 Å². The third-order valence-electron chi connectivity index (χ3n) is 5.46. The average molecular weight is 413 g/mol. The summed E-state index contributed by atoms with van der Waals surface area (Å²) in [5.74, 6) is -5.81. The van der Waals surface area contributed by atoms with Gasteiger partial charge in [0.2, 0.25) is 5.91 Å². The van der Waals surface area contributed by atoms with E-state index in [0.29, 0.717) is 35.0 Å². The Kier molecular flexibility index (Phi) is 5.03. The number of carbonyl (C=O) groups is 1. The highest BCUT2D eigenvalue weighted by Crippen LogP contribution is 2.36. The highest BCUT2D eigenvalue weighted by molar-refractivity contribution is 7.71. The Morgan fingerprint density at radius 1 is 1.21 bits per heavy atom. The summed E-state index contributed by atoms with van der Waals surface area (Å²) in [6.07, 6.45) is 3.14. The Hall–Kier alpha value is -2.16. The van der Waals surface area contributed by atoms with Crippen LogP contribution in [-0.4, -0.2) is 22.0 Å². The number of nitrogens with one attached hydrogen (secondary N) is 2. The number of aromatic nitrogens is 2. The number of hydrogen-bond acceptors (Lipinski definition) is 2. The quantitative estimate of drug-likeness (QED) is 0.429. The highest BCUT2D eigenvalue weighted by atomic mass is 32.1. The molecule has 0 spiro atoms. The van der Waals surface area contributed by atoms with Gasteiger partial charge in [-0.05, 0) is 43.8 Å². The van der Waals surface area contributed by atoms with Crippen LogP contribution in [0.5, 0.6) is 0 Å². The first-order valence-corrected chi connectivity index (χ1v) is 9.66. The third kappa shape index (κ3) is 3.59. The van der Waals surface area contributed by atoms with Gasteiger partial charge in [-0.1, -0.05) is 0 Å². The Labute approximate surface area is 163 Å². The van der Waals surface area contributed by atoms with E-state index in [1.54, 1.807) is 4.57 Å². The number of nitrogens with zero attached hydrogens (tertiary/aromatic N) is 1. The molecule has 0 saturated heterocycles. The van der Waals surface area contributed by atoms with Gasteiger partial charge in [-0.3, -0.25) is 4.79 Å². The van der Waals surface area contributed by atoms with E-state index in [2.05, 4.69) is 10.3 Å². The molecule has 2 aromatic rings. The first-order chi connectivity index (χ1) is 13.3. The zero-order valence-corrected chi connectivity index (χ0v) is 15.8. The topological polar surface area (TPSA) is 49.8 Å². The van der Waals surface area contributed by atoms with E-state index >= 15 is 0 Å². The number of fused-ring (bicyclic) bond motifs is 1. The van der Waals surface area contributed by atoms with Crippen molar-refractivity contribution < 1.29 is 22.4 Å². The van der Waals surface area contributed by atoms with Gasteiger partial charge < -0.3 is 14.9 Å². The number of amides is 1. The van der Waals surface area contributed by atoms with E-state index in [1.165, 1.54) is 0 Å². The lowest BCUT2D eigenvalue weighted by Crippen LogP contribution is -2.25. The van der Waals surface area contributed by atoms with Crippen molar-refractivity contribution in [2.45, 2.75) is 44.6 Å². The first-order valence-electron chi connectivity index (χ1n) is 9.25. The third-order valence-corrected chi connectivity index (χ3v) is 5.78. The molecule has 2 aliphatic rings. The van der Waals surface area contributed by atoms with Gasteiger partial charge in [0.25, 0.3) is 0 Å². The Balaban J connectivity index is 1.50. The van der Waals surface area contributed by atoms with Gasteiger partial charge in [0.15, 0.2) is 28.0 Å². The molecule has 1 aromatic heterocycles. The summed E-state index contributed by atoms with van der Waals surface area (Å²) in [5, 5.41) is 2.88. The fourth-order valence-electron chi connectivity index (χ4n) is 3.76. The van der Waals surface area contributed by atoms with Gasteiger partial charge in [-0.2, -0.15) is 0 Å². The lowest BCUT2D eigenvalue weighted by Gasteiger charge is -2.13. The summed E-state index contributed by atoms with van der Waals surface area (Å²) in [4.78, 5) is 15.0. The summed E-state index contributed by atoms with van der Waals surface area (Å²) in [7, 11) is 0. The van der Waals surface area contributed by atoms with Crippen LogP contribution in [-0.2, 0) is 24.2 Å². The van der Waals surface area contributed by atoms with Crippen LogP contribution in [0, 0.1) is 34.0 Å². The Bertz CT molecular complexity index is 970. The molecule has 28 heavy (non-hydrogen) atoms. The number of rotatable bonds is 6. The monoisotopic (exact) mass is 413 g/mol. The molecule has 1 aliphatic heterocycles. The summed E-state index contributed by atoms with van der Waals surface area (Å²) < 4.78 is 57.5. The first kappa shape index (κ1) is 19.2. The molecule has 150 valence electrons. The molecule has 4 nitrogen and oxygen atoms in total. The molecular weight excluding hydrogens is 394 g/mol. The second-order valence-corrected chi connectivity index (χ2v) is 7.88. The van der Waals surface area contributed by atoms with Crippen molar-refractivity contribution in [2.75, 3.05) is 6.54 Å². The molecule has 1 fully saturated rings. The molecule has 1 amide bonds. The number of halogens is 4. The normalized spacial score (nSPS) is 18.4. The van der Waals surface area contributed by atoms with E-state index < -0.39 is 34.8 Å². The van der Waals surface area contributed by atoms with E-state index in [0.717, 1.165) is 12.8 Å².